The number of nitrogens with one attached hydrogen (secondary N) is 1. The largest absolute Gasteiger partial charge is 0.483 e. The number of aryl methyl sites for hydroxylation is 1. The minimum Gasteiger partial charge on any atom is -0.483 e. The third-order valence-electron chi connectivity index (χ3n) is 3.86. The van der Waals surface area contributed by atoms with Gasteiger partial charge in [-0.25, -0.2) is 4.79 Å². The van der Waals surface area contributed by atoms with Crippen LogP contribution < -0.4 is 21.5 Å². The third kappa shape index (κ3) is 2.38. The molecule has 3 rings (SSSR count). The third-order valence-corrected chi connectivity index (χ3v) is 3.86. The van der Waals surface area contributed by atoms with Crippen molar-refractivity contribution in [3.63, 3.8) is 0 Å². The van der Waals surface area contributed by atoms with Crippen LogP contribution in [-0.2, 0) is 11.8 Å². The number of hydrogen-bond acceptors (Lipinski definition) is 6. The molecule has 1 aliphatic heterocycles. The van der Waals surface area contributed by atoms with E-state index in [0.29, 0.717) is 24.7 Å². The van der Waals surface area contributed by atoms with E-state index in [9.17, 15) is 4.79 Å². The first kappa shape index (κ1) is 13.4. The highest BCUT2D eigenvalue weighted by Gasteiger charge is 2.39. The van der Waals surface area contributed by atoms with Crippen LogP contribution in [0.15, 0.2) is 11.0 Å². The fraction of sp³-hybridized carbons (Fsp3) is 0.692. The Bertz CT molecular complexity index is 545. The fourth-order valence-corrected chi connectivity index (χ4v) is 2.88. The molecule has 2 aliphatic rings. The van der Waals surface area contributed by atoms with Crippen LogP contribution in [0.25, 0.3) is 0 Å². The van der Waals surface area contributed by atoms with Gasteiger partial charge in [0.15, 0.2) is 11.6 Å². The summed E-state index contributed by atoms with van der Waals surface area (Å²) in [6, 6.07) is 0.0300. The Kier molecular flexibility index (Phi) is 3.62. The van der Waals surface area contributed by atoms with Crippen molar-refractivity contribution in [2.24, 2.45) is 12.8 Å². The van der Waals surface area contributed by atoms with E-state index in [1.165, 1.54) is 4.57 Å². The average molecular weight is 280 g/mol. The quantitative estimate of drug-likeness (QED) is 0.800. The van der Waals surface area contributed by atoms with E-state index in [2.05, 4.69) is 10.3 Å². The zero-order valence-corrected chi connectivity index (χ0v) is 11.5. The molecular formula is C13H20N4O3. The lowest BCUT2D eigenvalue weighted by Crippen LogP contribution is -2.53. The Balaban J connectivity index is 1.84. The minimum absolute atomic E-state index is 0.0300. The Morgan fingerprint density at radius 1 is 1.60 bits per heavy atom. The highest BCUT2D eigenvalue weighted by Crippen LogP contribution is 2.35. The van der Waals surface area contributed by atoms with Crippen molar-refractivity contribution in [3.8, 4) is 5.75 Å². The molecule has 0 spiro atoms. The summed E-state index contributed by atoms with van der Waals surface area (Å²) in [5.41, 5.74) is 5.20. The molecule has 0 bridgehead atoms. The number of nitrogens with two attached hydrogens (primary N) is 1. The average Bonchev–Trinajstić information content (AvgIpc) is 2.44. The Morgan fingerprint density at radius 2 is 2.45 bits per heavy atom. The normalized spacial score (nSPS) is 28.0. The van der Waals surface area contributed by atoms with Gasteiger partial charge in [-0.1, -0.05) is 0 Å². The van der Waals surface area contributed by atoms with Gasteiger partial charge in [-0.2, -0.15) is 4.98 Å². The molecule has 1 aromatic heterocycles. The van der Waals surface area contributed by atoms with Crippen molar-refractivity contribution in [2.75, 3.05) is 18.5 Å². The summed E-state index contributed by atoms with van der Waals surface area (Å²) in [5.74, 6) is 1.14. The van der Waals surface area contributed by atoms with Crippen molar-refractivity contribution in [1.29, 1.82) is 0 Å². The van der Waals surface area contributed by atoms with Gasteiger partial charge in [0.2, 0.25) is 0 Å². The molecule has 1 aliphatic carbocycles. The number of hydrogen-bond donors (Lipinski definition) is 2. The number of anilines is 1. The van der Waals surface area contributed by atoms with Gasteiger partial charge >= 0.3 is 5.69 Å². The molecule has 0 aromatic carbocycles. The van der Waals surface area contributed by atoms with Gasteiger partial charge < -0.3 is 20.5 Å². The van der Waals surface area contributed by atoms with E-state index in [4.69, 9.17) is 15.2 Å². The van der Waals surface area contributed by atoms with Crippen LogP contribution >= 0.6 is 0 Å². The first-order valence-corrected chi connectivity index (χ1v) is 7.01. The number of fused-ring (bicyclic) bond motifs is 2. The lowest BCUT2D eigenvalue weighted by atomic mass is 9.88. The van der Waals surface area contributed by atoms with Gasteiger partial charge in [-0.3, -0.25) is 4.57 Å². The molecule has 0 saturated heterocycles. The summed E-state index contributed by atoms with van der Waals surface area (Å²) in [7, 11) is 1.67. The lowest BCUT2D eigenvalue weighted by molar-refractivity contribution is -0.0193. The fourth-order valence-electron chi connectivity index (χ4n) is 2.88. The topological polar surface area (TPSA) is 91.4 Å². The molecule has 3 unspecified atom stereocenters. The molecule has 1 saturated carbocycles. The molecule has 7 nitrogen and oxygen atoms in total. The van der Waals surface area contributed by atoms with Crippen LogP contribution in [-0.4, -0.2) is 41.0 Å². The first-order valence-electron chi connectivity index (χ1n) is 7.01. The number of nitrogens with zero attached hydrogens (tertiary/aromatic N) is 2. The van der Waals surface area contributed by atoms with E-state index >= 15 is 0 Å². The van der Waals surface area contributed by atoms with Crippen molar-refractivity contribution in [1.82, 2.24) is 9.55 Å². The zero-order chi connectivity index (χ0) is 14.1. The van der Waals surface area contributed by atoms with E-state index in [0.717, 1.165) is 19.3 Å². The van der Waals surface area contributed by atoms with E-state index in [1.807, 2.05) is 0 Å². The molecule has 1 fully saturated rings. The summed E-state index contributed by atoms with van der Waals surface area (Å²) < 4.78 is 13.2. The van der Waals surface area contributed by atoms with Crippen LogP contribution in [0, 0.1) is 0 Å². The van der Waals surface area contributed by atoms with E-state index in [-0.39, 0.29) is 23.9 Å². The van der Waals surface area contributed by atoms with Crippen LogP contribution in [0.2, 0.25) is 0 Å². The van der Waals surface area contributed by atoms with Crippen LogP contribution in [0.1, 0.15) is 19.3 Å². The molecule has 1 aromatic rings. The van der Waals surface area contributed by atoms with Crippen molar-refractivity contribution in [2.45, 2.75) is 37.5 Å². The van der Waals surface area contributed by atoms with Crippen LogP contribution in [0.3, 0.4) is 0 Å². The number of ether oxygens (including phenoxy) is 2. The molecule has 3 atom stereocenters. The Morgan fingerprint density at radius 3 is 3.25 bits per heavy atom. The molecular weight excluding hydrogens is 260 g/mol. The maximum atomic E-state index is 11.6. The molecule has 110 valence electrons. The molecule has 7 heteroatoms. The van der Waals surface area contributed by atoms with Crippen molar-refractivity contribution in [3.05, 3.63) is 16.7 Å². The second kappa shape index (κ2) is 5.41. The summed E-state index contributed by atoms with van der Waals surface area (Å²) in [5, 5.41) is 3.31. The lowest BCUT2D eigenvalue weighted by Gasteiger charge is -2.41. The second-order valence-corrected chi connectivity index (χ2v) is 5.30. The first-order chi connectivity index (χ1) is 9.69. The monoisotopic (exact) mass is 280 g/mol. The summed E-state index contributed by atoms with van der Waals surface area (Å²) in [6.07, 6.45) is 4.79. The van der Waals surface area contributed by atoms with Gasteiger partial charge in [-0.15, -0.1) is 0 Å². The SMILES string of the molecule is Cn1cc2c(nc1=O)NC1C(OCCN)CCCC1O2. The smallest absolute Gasteiger partial charge is 0.349 e. The minimum atomic E-state index is -0.298. The maximum Gasteiger partial charge on any atom is 0.349 e. The standard InChI is InChI=1S/C13H20N4O3/c1-17-7-10-12(16-13(17)18)15-11-8(19-6-5-14)3-2-4-9(11)20-10/h7-9,11H,2-6,14H2,1H3,(H,15,16,18). The van der Waals surface area contributed by atoms with Gasteiger partial charge in [0.05, 0.1) is 24.9 Å². The highest BCUT2D eigenvalue weighted by molar-refractivity contribution is 5.51. The Labute approximate surface area is 117 Å². The number of rotatable bonds is 3. The molecule has 0 radical (unpaired) electrons. The molecule has 3 N–H and O–H groups in total. The summed E-state index contributed by atoms with van der Waals surface area (Å²) in [6.45, 7) is 1.04. The predicted octanol–water partition coefficient (Wildman–Crippen LogP) is -0.150. The second-order valence-electron chi connectivity index (χ2n) is 5.30. The van der Waals surface area contributed by atoms with Gasteiger partial charge in [0.25, 0.3) is 0 Å². The predicted molar refractivity (Wildman–Crippen MR) is 74.0 cm³/mol. The molecule has 2 heterocycles. The molecule has 0 amide bonds. The van der Waals surface area contributed by atoms with E-state index < -0.39 is 0 Å². The van der Waals surface area contributed by atoms with E-state index in [1.54, 1.807) is 13.2 Å². The van der Waals surface area contributed by atoms with Gasteiger partial charge in [-0.05, 0) is 19.3 Å². The highest BCUT2D eigenvalue weighted by atomic mass is 16.5. The zero-order valence-electron chi connectivity index (χ0n) is 11.5. The van der Waals surface area contributed by atoms with Gasteiger partial charge in [0.1, 0.15) is 6.10 Å². The summed E-state index contributed by atoms with van der Waals surface area (Å²) >= 11 is 0. The summed E-state index contributed by atoms with van der Waals surface area (Å²) in [4.78, 5) is 15.6. The number of aromatic nitrogens is 2. The van der Waals surface area contributed by atoms with Crippen LogP contribution in [0.4, 0.5) is 5.82 Å². The van der Waals surface area contributed by atoms with Crippen LogP contribution in [0.5, 0.6) is 5.75 Å². The Hall–Kier alpha value is -1.60. The van der Waals surface area contributed by atoms with Crippen molar-refractivity contribution < 1.29 is 9.47 Å². The maximum absolute atomic E-state index is 11.6. The van der Waals surface area contributed by atoms with Gasteiger partial charge in [0, 0.05) is 13.6 Å². The van der Waals surface area contributed by atoms with Crippen molar-refractivity contribution >= 4 is 5.82 Å². The molecule has 20 heavy (non-hydrogen) atoms.